The zero-order valence-corrected chi connectivity index (χ0v) is 17.4. The minimum Gasteiger partial charge on any atom is -0.363 e. The molecule has 7 nitrogen and oxygen atoms in total. The van der Waals surface area contributed by atoms with Crippen molar-refractivity contribution in [2.45, 2.75) is 44.2 Å². The number of nitrogens with one attached hydrogen (secondary N) is 1. The molecule has 2 atom stereocenters. The first kappa shape index (κ1) is 19.5. The van der Waals surface area contributed by atoms with Gasteiger partial charge in [-0.15, -0.1) is 0 Å². The fraction of sp³-hybridized carbons (Fsp3) is 0.522. The molecule has 3 aliphatic heterocycles. The van der Waals surface area contributed by atoms with Crippen molar-refractivity contribution in [1.29, 1.82) is 0 Å². The summed E-state index contributed by atoms with van der Waals surface area (Å²) in [5, 5.41) is 0. The highest BCUT2D eigenvalue weighted by atomic mass is 16.5. The van der Waals surface area contributed by atoms with Gasteiger partial charge in [-0.25, -0.2) is 4.98 Å². The zero-order valence-electron chi connectivity index (χ0n) is 17.4. The Balaban J connectivity index is 1.36. The maximum Gasteiger partial charge on any atom is 0.256 e. The number of hydrogen-bond acceptors (Lipinski definition) is 5. The van der Waals surface area contributed by atoms with E-state index in [1.807, 2.05) is 30.1 Å². The van der Waals surface area contributed by atoms with E-state index in [1.165, 1.54) is 5.56 Å². The highest BCUT2D eigenvalue weighted by Gasteiger charge is 2.34. The Bertz CT molecular complexity index is 1020. The predicted molar refractivity (Wildman–Crippen MR) is 112 cm³/mol. The number of likely N-dealkylation sites (tertiary alicyclic amines) is 1. The first-order chi connectivity index (χ1) is 14.6. The number of piperidine rings is 1. The third-order valence-corrected chi connectivity index (χ3v) is 6.62. The lowest BCUT2D eigenvalue weighted by Crippen LogP contribution is -2.44. The predicted octanol–water partition coefficient (Wildman–Crippen LogP) is 1.78. The Morgan fingerprint density at radius 2 is 2.10 bits per heavy atom. The van der Waals surface area contributed by atoms with Gasteiger partial charge in [-0.1, -0.05) is 24.3 Å². The van der Waals surface area contributed by atoms with E-state index in [2.05, 4.69) is 16.0 Å². The van der Waals surface area contributed by atoms with Crippen molar-refractivity contribution in [1.82, 2.24) is 19.8 Å². The van der Waals surface area contributed by atoms with Crippen molar-refractivity contribution in [3.63, 3.8) is 0 Å². The molecule has 1 amide bonds. The lowest BCUT2D eigenvalue weighted by Gasteiger charge is -2.36. The second kappa shape index (κ2) is 7.96. The van der Waals surface area contributed by atoms with Gasteiger partial charge in [-0.3, -0.25) is 9.59 Å². The van der Waals surface area contributed by atoms with E-state index in [-0.39, 0.29) is 17.4 Å². The number of hydrogen-bond donors (Lipinski definition) is 1. The number of ether oxygens (including phenoxy) is 1. The van der Waals surface area contributed by atoms with Gasteiger partial charge < -0.3 is 19.5 Å². The van der Waals surface area contributed by atoms with Crippen LogP contribution in [0.25, 0.3) is 0 Å². The minimum absolute atomic E-state index is 0.0220. The first-order valence-corrected chi connectivity index (χ1v) is 10.9. The van der Waals surface area contributed by atoms with Crippen LogP contribution in [-0.4, -0.2) is 59.0 Å². The van der Waals surface area contributed by atoms with Crippen molar-refractivity contribution < 1.29 is 9.53 Å². The summed E-state index contributed by atoms with van der Waals surface area (Å²) in [6, 6.07) is 8.05. The summed E-state index contributed by atoms with van der Waals surface area (Å²) in [6.07, 6.45) is 2.94. The molecule has 30 heavy (non-hydrogen) atoms. The van der Waals surface area contributed by atoms with Gasteiger partial charge in [0.25, 0.3) is 11.5 Å². The van der Waals surface area contributed by atoms with Crippen molar-refractivity contribution in [2.24, 2.45) is 0 Å². The summed E-state index contributed by atoms with van der Waals surface area (Å²) in [4.78, 5) is 37.9. The molecule has 0 bridgehead atoms. The Morgan fingerprint density at radius 1 is 1.23 bits per heavy atom. The smallest absolute Gasteiger partial charge is 0.256 e. The summed E-state index contributed by atoms with van der Waals surface area (Å²) in [5.74, 6) is 0.804. The van der Waals surface area contributed by atoms with Gasteiger partial charge in [0.05, 0.1) is 17.9 Å². The molecule has 0 unspecified atom stereocenters. The lowest BCUT2D eigenvalue weighted by atomic mass is 9.93. The van der Waals surface area contributed by atoms with E-state index in [9.17, 15) is 9.59 Å². The first-order valence-electron chi connectivity index (χ1n) is 10.9. The fourth-order valence-corrected chi connectivity index (χ4v) is 4.94. The molecule has 1 saturated heterocycles. The molecular formula is C23H28N4O3. The third-order valence-electron chi connectivity index (χ3n) is 6.62. The summed E-state index contributed by atoms with van der Waals surface area (Å²) < 4.78 is 5.89. The van der Waals surface area contributed by atoms with Crippen LogP contribution in [0.2, 0.25) is 0 Å². The monoisotopic (exact) mass is 408 g/mol. The van der Waals surface area contributed by atoms with Gasteiger partial charge >= 0.3 is 0 Å². The maximum absolute atomic E-state index is 13.3. The van der Waals surface area contributed by atoms with E-state index in [1.54, 1.807) is 0 Å². The third kappa shape index (κ3) is 3.56. The number of rotatable bonds is 2. The summed E-state index contributed by atoms with van der Waals surface area (Å²) in [5.41, 5.74) is 3.85. The molecule has 4 heterocycles. The van der Waals surface area contributed by atoms with Crippen LogP contribution in [0.5, 0.6) is 0 Å². The number of carbonyl (C=O) groups excluding carboxylic acids is 1. The Hall–Kier alpha value is -2.51. The van der Waals surface area contributed by atoms with Gasteiger partial charge in [0.15, 0.2) is 6.10 Å². The summed E-state index contributed by atoms with van der Waals surface area (Å²) >= 11 is 0. The number of amides is 1. The molecule has 5 rings (SSSR count). The maximum atomic E-state index is 13.3. The molecule has 3 aliphatic rings. The van der Waals surface area contributed by atoms with Crippen molar-refractivity contribution in [3.8, 4) is 0 Å². The highest BCUT2D eigenvalue weighted by molar-refractivity contribution is 5.83. The topological polar surface area (TPSA) is 78.5 Å². The molecule has 1 aromatic heterocycles. The number of carbonyl (C=O) groups is 1. The average molecular weight is 409 g/mol. The molecule has 0 aliphatic carbocycles. The van der Waals surface area contributed by atoms with Gasteiger partial charge in [-0.2, -0.15) is 0 Å². The highest BCUT2D eigenvalue weighted by Crippen LogP contribution is 2.32. The Labute approximate surface area is 176 Å². The van der Waals surface area contributed by atoms with Crippen molar-refractivity contribution >= 4 is 5.91 Å². The summed E-state index contributed by atoms with van der Waals surface area (Å²) in [7, 11) is 2.02. The Morgan fingerprint density at radius 3 is 3.00 bits per heavy atom. The molecule has 158 valence electrons. The molecule has 0 spiro atoms. The largest absolute Gasteiger partial charge is 0.363 e. The Kier molecular flexibility index (Phi) is 5.16. The number of fused-ring (bicyclic) bond motifs is 2. The van der Waals surface area contributed by atoms with Gasteiger partial charge in [0.1, 0.15) is 5.82 Å². The molecule has 0 saturated carbocycles. The molecular weight excluding hydrogens is 380 g/mol. The van der Waals surface area contributed by atoms with Crippen LogP contribution in [-0.2, 0) is 28.9 Å². The van der Waals surface area contributed by atoms with Crippen LogP contribution < -0.4 is 5.56 Å². The zero-order chi connectivity index (χ0) is 20.7. The van der Waals surface area contributed by atoms with Crippen LogP contribution in [0.3, 0.4) is 0 Å². The van der Waals surface area contributed by atoms with E-state index in [0.29, 0.717) is 19.7 Å². The van der Waals surface area contributed by atoms with Gasteiger partial charge in [-0.05, 0) is 37.4 Å². The number of aromatic amines is 1. The summed E-state index contributed by atoms with van der Waals surface area (Å²) in [6.45, 7) is 3.42. The molecule has 1 fully saturated rings. The van der Waals surface area contributed by atoms with E-state index >= 15 is 0 Å². The fourth-order valence-electron chi connectivity index (χ4n) is 4.94. The van der Waals surface area contributed by atoms with E-state index in [0.717, 1.165) is 61.4 Å². The van der Waals surface area contributed by atoms with Crippen molar-refractivity contribution in [2.75, 3.05) is 33.3 Å². The second-order valence-corrected chi connectivity index (χ2v) is 8.69. The standard InChI is InChI=1S/C23H28N4O3/c1-26-11-8-19-18(14-26)22(28)25-21(24-19)16-6-4-10-27(13-16)23(29)20-17-7-3-2-5-15(17)9-12-30-20/h2-3,5,7,16,20H,4,6,8-14H2,1H3,(H,24,25,28)/t16-,20-/m0/s1. The molecule has 0 radical (unpaired) electrons. The molecule has 1 N–H and O–H groups in total. The second-order valence-electron chi connectivity index (χ2n) is 8.69. The van der Waals surface area contributed by atoms with Crippen LogP contribution >= 0.6 is 0 Å². The van der Waals surface area contributed by atoms with Crippen LogP contribution in [0, 0.1) is 0 Å². The lowest BCUT2D eigenvalue weighted by molar-refractivity contribution is -0.146. The SMILES string of the molecule is CN1CCc2nc([C@H]3CCCN(C(=O)[C@H]4OCCc5ccccc54)C3)[nH]c(=O)c2C1. The van der Waals surface area contributed by atoms with Gasteiger partial charge in [0, 0.05) is 38.5 Å². The van der Waals surface area contributed by atoms with Gasteiger partial charge in [0.2, 0.25) is 0 Å². The number of aromatic nitrogens is 2. The van der Waals surface area contributed by atoms with Crippen LogP contribution in [0.1, 0.15) is 53.1 Å². The average Bonchev–Trinajstić information content (AvgIpc) is 2.78. The molecule has 2 aromatic rings. The van der Waals surface area contributed by atoms with Crippen molar-refractivity contribution in [3.05, 3.63) is 62.8 Å². The van der Waals surface area contributed by atoms with Crippen LogP contribution in [0.15, 0.2) is 29.1 Å². The normalized spacial score (nSPS) is 24.2. The van der Waals surface area contributed by atoms with E-state index < -0.39 is 6.10 Å². The number of benzene rings is 1. The molecule has 7 heteroatoms. The van der Waals surface area contributed by atoms with Crippen LogP contribution in [0.4, 0.5) is 0 Å². The molecule has 1 aromatic carbocycles. The quantitative estimate of drug-likeness (QED) is 0.820. The number of likely N-dealkylation sites (N-methyl/N-ethyl adjacent to an activating group) is 1. The van der Waals surface area contributed by atoms with E-state index in [4.69, 9.17) is 9.72 Å². The number of H-pyrrole nitrogens is 1. The number of nitrogens with zero attached hydrogens (tertiary/aromatic N) is 3. The minimum atomic E-state index is -0.528.